The molecule has 0 fully saturated rings. The number of hydrogen-bond acceptors (Lipinski definition) is 3. The minimum atomic E-state index is -0.403. The van der Waals surface area contributed by atoms with E-state index in [2.05, 4.69) is 48.3 Å². The van der Waals surface area contributed by atoms with Crippen LogP contribution in [0.25, 0.3) is 0 Å². The molecule has 2 aromatic carbocycles. The standard InChI is InChI=1S/C22H29FN2O2/c1-4-25(5-2)16-19-8-6-18(7-9-19)15-24-22(26)13-11-17-10-12-21(27-3)20(23)14-17/h6-10,12,14H,4-5,11,13,15-16H2,1-3H3,(H,24,26). The second-order valence-corrected chi connectivity index (χ2v) is 6.52. The van der Waals surface area contributed by atoms with Crippen LogP contribution < -0.4 is 10.1 Å². The summed E-state index contributed by atoms with van der Waals surface area (Å²) < 4.78 is 18.6. The maximum Gasteiger partial charge on any atom is 0.220 e. The van der Waals surface area contributed by atoms with Crippen molar-refractivity contribution in [2.24, 2.45) is 0 Å². The van der Waals surface area contributed by atoms with Gasteiger partial charge >= 0.3 is 0 Å². The Bertz CT molecular complexity index is 728. The van der Waals surface area contributed by atoms with Gasteiger partial charge in [0.25, 0.3) is 0 Å². The van der Waals surface area contributed by atoms with Gasteiger partial charge in [-0.05, 0) is 48.3 Å². The fourth-order valence-corrected chi connectivity index (χ4v) is 2.88. The second-order valence-electron chi connectivity index (χ2n) is 6.52. The number of aryl methyl sites for hydroxylation is 1. The van der Waals surface area contributed by atoms with Crippen LogP contribution in [0.5, 0.6) is 5.75 Å². The summed E-state index contributed by atoms with van der Waals surface area (Å²) in [6.45, 7) is 7.83. The van der Waals surface area contributed by atoms with Crippen molar-refractivity contribution >= 4 is 5.91 Å². The zero-order valence-corrected chi connectivity index (χ0v) is 16.4. The number of carbonyl (C=O) groups excluding carboxylic acids is 1. The molecule has 1 amide bonds. The minimum absolute atomic E-state index is 0.0431. The van der Waals surface area contributed by atoms with Crippen LogP contribution in [-0.4, -0.2) is 31.0 Å². The zero-order chi connectivity index (χ0) is 19.6. The summed E-state index contributed by atoms with van der Waals surface area (Å²) in [6.07, 6.45) is 0.821. The fourth-order valence-electron chi connectivity index (χ4n) is 2.88. The molecule has 0 unspecified atom stereocenters. The Balaban J connectivity index is 1.77. The Hall–Kier alpha value is -2.40. The van der Waals surface area contributed by atoms with Gasteiger partial charge in [0.05, 0.1) is 7.11 Å². The molecular weight excluding hydrogens is 343 g/mol. The van der Waals surface area contributed by atoms with Gasteiger partial charge in [0.1, 0.15) is 0 Å². The number of methoxy groups -OCH3 is 1. The van der Waals surface area contributed by atoms with E-state index in [1.54, 1.807) is 12.1 Å². The number of halogens is 1. The van der Waals surface area contributed by atoms with Crippen LogP contribution in [0.15, 0.2) is 42.5 Å². The Morgan fingerprint density at radius 2 is 1.67 bits per heavy atom. The molecule has 2 aromatic rings. The second kappa shape index (κ2) is 10.7. The number of nitrogens with one attached hydrogen (secondary N) is 1. The summed E-state index contributed by atoms with van der Waals surface area (Å²) in [5.41, 5.74) is 3.13. The molecule has 0 aliphatic carbocycles. The van der Waals surface area contributed by atoms with Crippen LogP contribution in [0.2, 0.25) is 0 Å². The Morgan fingerprint density at radius 1 is 1.04 bits per heavy atom. The summed E-state index contributed by atoms with van der Waals surface area (Å²) >= 11 is 0. The highest BCUT2D eigenvalue weighted by Crippen LogP contribution is 2.18. The predicted octanol–water partition coefficient (Wildman–Crippen LogP) is 3.93. The van der Waals surface area contributed by atoms with Crippen molar-refractivity contribution in [2.45, 2.75) is 39.8 Å². The molecule has 0 radical (unpaired) electrons. The number of rotatable bonds is 10. The molecule has 0 aliphatic rings. The first-order chi connectivity index (χ1) is 13.0. The van der Waals surface area contributed by atoms with Gasteiger partial charge in [0.2, 0.25) is 5.91 Å². The van der Waals surface area contributed by atoms with E-state index in [0.717, 1.165) is 30.8 Å². The molecule has 146 valence electrons. The fraction of sp³-hybridized carbons (Fsp3) is 0.409. The van der Waals surface area contributed by atoms with E-state index in [1.807, 2.05) is 0 Å². The molecule has 4 nitrogen and oxygen atoms in total. The Kier molecular flexibility index (Phi) is 8.27. The Morgan fingerprint density at radius 3 is 2.26 bits per heavy atom. The van der Waals surface area contributed by atoms with Crippen molar-refractivity contribution < 1.29 is 13.9 Å². The third kappa shape index (κ3) is 6.68. The lowest BCUT2D eigenvalue weighted by molar-refractivity contribution is -0.121. The van der Waals surface area contributed by atoms with E-state index in [-0.39, 0.29) is 11.7 Å². The highest BCUT2D eigenvalue weighted by molar-refractivity contribution is 5.76. The van der Waals surface area contributed by atoms with Gasteiger partial charge in [-0.2, -0.15) is 0 Å². The smallest absolute Gasteiger partial charge is 0.220 e. The molecule has 0 bridgehead atoms. The molecule has 2 rings (SSSR count). The summed E-state index contributed by atoms with van der Waals surface area (Å²) in [4.78, 5) is 14.4. The lowest BCUT2D eigenvalue weighted by Crippen LogP contribution is -2.23. The maximum absolute atomic E-state index is 13.7. The lowest BCUT2D eigenvalue weighted by atomic mass is 10.1. The average molecular weight is 372 g/mol. The highest BCUT2D eigenvalue weighted by atomic mass is 19.1. The molecule has 0 heterocycles. The number of benzene rings is 2. The molecule has 0 saturated heterocycles. The minimum Gasteiger partial charge on any atom is -0.494 e. The van der Waals surface area contributed by atoms with E-state index in [0.29, 0.717) is 19.4 Å². The largest absolute Gasteiger partial charge is 0.494 e. The van der Waals surface area contributed by atoms with Gasteiger partial charge in [-0.25, -0.2) is 4.39 Å². The predicted molar refractivity (Wildman–Crippen MR) is 106 cm³/mol. The van der Waals surface area contributed by atoms with Gasteiger partial charge < -0.3 is 10.1 Å². The van der Waals surface area contributed by atoms with Crippen LogP contribution >= 0.6 is 0 Å². The van der Waals surface area contributed by atoms with Gasteiger partial charge in [-0.15, -0.1) is 0 Å². The highest BCUT2D eigenvalue weighted by Gasteiger charge is 2.07. The van der Waals surface area contributed by atoms with Gasteiger partial charge in [0.15, 0.2) is 11.6 Å². The molecule has 27 heavy (non-hydrogen) atoms. The van der Waals surface area contributed by atoms with Crippen LogP contribution in [0.3, 0.4) is 0 Å². The van der Waals surface area contributed by atoms with Crippen LogP contribution in [0, 0.1) is 5.82 Å². The molecule has 0 aliphatic heterocycles. The van der Waals surface area contributed by atoms with E-state index in [1.165, 1.54) is 18.7 Å². The first-order valence-corrected chi connectivity index (χ1v) is 9.45. The number of nitrogens with zero attached hydrogens (tertiary/aromatic N) is 1. The quantitative estimate of drug-likeness (QED) is 0.687. The molecule has 0 aromatic heterocycles. The van der Waals surface area contributed by atoms with E-state index in [9.17, 15) is 9.18 Å². The van der Waals surface area contributed by atoms with Crippen molar-refractivity contribution in [1.29, 1.82) is 0 Å². The maximum atomic E-state index is 13.7. The first kappa shape index (κ1) is 20.9. The van der Waals surface area contributed by atoms with Crippen molar-refractivity contribution in [3.63, 3.8) is 0 Å². The van der Waals surface area contributed by atoms with Crippen molar-refractivity contribution in [3.8, 4) is 5.75 Å². The van der Waals surface area contributed by atoms with Gasteiger partial charge in [0, 0.05) is 19.5 Å². The van der Waals surface area contributed by atoms with E-state index >= 15 is 0 Å². The van der Waals surface area contributed by atoms with Crippen LogP contribution in [-0.2, 0) is 24.3 Å². The lowest BCUT2D eigenvalue weighted by Gasteiger charge is -2.18. The van der Waals surface area contributed by atoms with Crippen molar-refractivity contribution in [1.82, 2.24) is 10.2 Å². The SMILES string of the molecule is CCN(CC)Cc1ccc(CNC(=O)CCc2ccc(OC)c(F)c2)cc1. The molecule has 5 heteroatoms. The summed E-state index contributed by atoms with van der Waals surface area (Å²) in [5, 5.41) is 2.92. The monoisotopic (exact) mass is 372 g/mol. The average Bonchev–Trinajstić information content (AvgIpc) is 2.69. The topological polar surface area (TPSA) is 41.6 Å². The van der Waals surface area contributed by atoms with Crippen molar-refractivity contribution in [3.05, 3.63) is 65.0 Å². The summed E-state index contributed by atoms with van der Waals surface area (Å²) in [6, 6.07) is 13.1. The first-order valence-electron chi connectivity index (χ1n) is 9.45. The molecule has 0 saturated carbocycles. The zero-order valence-electron chi connectivity index (χ0n) is 16.4. The van der Waals surface area contributed by atoms with Crippen LogP contribution in [0.4, 0.5) is 4.39 Å². The normalized spacial score (nSPS) is 10.9. The van der Waals surface area contributed by atoms with Crippen molar-refractivity contribution in [2.75, 3.05) is 20.2 Å². The third-order valence-corrected chi connectivity index (χ3v) is 4.67. The molecular formula is C22H29FN2O2. The van der Waals surface area contributed by atoms with Gasteiger partial charge in [-0.3, -0.25) is 9.69 Å². The number of amides is 1. The summed E-state index contributed by atoms with van der Waals surface area (Å²) in [7, 11) is 1.43. The number of hydrogen-bond donors (Lipinski definition) is 1. The Labute approximate surface area is 161 Å². The third-order valence-electron chi connectivity index (χ3n) is 4.67. The van der Waals surface area contributed by atoms with E-state index < -0.39 is 5.82 Å². The molecule has 0 atom stereocenters. The molecule has 0 spiro atoms. The van der Waals surface area contributed by atoms with Gasteiger partial charge in [-0.1, -0.05) is 44.2 Å². The number of carbonyl (C=O) groups is 1. The van der Waals surface area contributed by atoms with Crippen LogP contribution in [0.1, 0.15) is 37.0 Å². The number of ether oxygens (including phenoxy) is 1. The molecule has 1 N–H and O–H groups in total. The van der Waals surface area contributed by atoms with E-state index in [4.69, 9.17) is 4.74 Å². The summed E-state index contributed by atoms with van der Waals surface area (Å²) in [5.74, 6) is -0.230.